The summed E-state index contributed by atoms with van der Waals surface area (Å²) in [5, 5.41) is 4.48. The molecule has 0 N–H and O–H groups in total. The average Bonchev–Trinajstić information content (AvgIpc) is 2.99. The lowest BCUT2D eigenvalue weighted by molar-refractivity contribution is 0.412. The van der Waals surface area contributed by atoms with Crippen molar-refractivity contribution in [2.24, 2.45) is 0 Å². The van der Waals surface area contributed by atoms with E-state index < -0.39 is 0 Å². The molecule has 1 aromatic carbocycles. The van der Waals surface area contributed by atoms with Crippen molar-refractivity contribution in [3.05, 3.63) is 54.4 Å². The first-order valence-electron chi connectivity index (χ1n) is 7.76. The Balaban J connectivity index is 0.000000595. The summed E-state index contributed by atoms with van der Waals surface area (Å²) >= 11 is 0. The minimum atomic E-state index is 0.803. The Morgan fingerprint density at radius 3 is 2.61 bits per heavy atom. The van der Waals surface area contributed by atoms with Crippen molar-refractivity contribution in [3.63, 3.8) is 0 Å². The van der Waals surface area contributed by atoms with Crippen LogP contribution in [0.5, 0.6) is 5.75 Å². The van der Waals surface area contributed by atoms with Crippen molar-refractivity contribution in [2.75, 3.05) is 7.11 Å². The van der Waals surface area contributed by atoms with Gasteiger partial charge in [-0.15, -0.1) is 0 Å². The van der Waals surface area contributed by atoms with E-state index in [2.05, 4.69) is 36.6 Å². The largest absolute Gasteiger partial charge is 0.496 e. The normalized spacial score (nSPS) is 10.1. The highest BCUT2D eigenvalue weighted by atomic mass is 16.5. The Hall–Kier alpha value is -2.62. The molecule has 3 rings (SSSR count). The van der Waals surface area contributed by atoms with Crippen LogP contribution in [0.4, 0.5) is 0 Å². The van der Waals surface area contributed by atoms with Crippen molar-refractivity contribution in [2.45, 2.75) is 27.2 Å². The van der Waals surface area contributed by atoms with Crippen molar-refractivity contribution in [3.8, 4) is 17.0 Å². The standard InChI is InChI=1S/C16H15N3O.C3H8/c1-4-13-10-16-17-8-7-14(19(16)18-13)12-6-5-11(2)15(9-12)20-3;1-3-2/h4-10H,1H2,2-3H3;3H2,1-2H3. The second-order valence-electron chi connectivity index (χ2n) is 5.26. The fourth-order valence-electron chi connectivity index (χ4n) is 2.21. The monoisotopic (exact) mass is 309 g/mol. The van der Waals surface area contributed by atoms with Crippen LogP contribution in [0.15, 0.2) is 43.1 Å². The van der Waals surface area contributed by atoms with Crippen molar-refractivity contribution in [1.82, 2.24) is 14.6 Å². The zero-order valence-electron chi connectivity index (χ0n) is 14.2. The number of aromatic nitrogens is 3. The van der Waals surface area contributed by atoms with Crippen LogP contribution in [0.2, 0.25) is 0 Å². The number of hydrogen-bond acceptors (Lipinski definition) is 3. The molecule has 23 heavy (non-hydrogen) atoms. The van der Waals surface area contributed by atoms with Gasteiger partial charge in [-0.25, -0.2) is 9.50 Å². The van der Waals surface area contributed by atoms with E-state index >= 15 is 0 Å². The van der Waals surface area contributed by atoms with Gasteiger partial charge in [-0.05, 0) is 30.7 Å². The summed E-state index contributed by atoms with van der Waals surface area (Å²) in [4.78, 5) is 4.32. The molecule has 0 aliphatic carbocycles. The SMILES string of the molecule is C=Cc1cc2nccc(-c3ccc(C)c(OC)c3)n2n1.CCC. The average molecular weight is 309 g/mol. The molecule has 0 bridgehead atoms. The van der Waals surface area contributed by atoms with E-state index in [1.165, 1.54) is 6.42 Å². The number of methoxy groups -OCH3 is 1. The molecule has 4 nitrogen and oxygen atoms in total. The second-order valence-corrected chi connectivity index (χ2v) is 5.26. The van der Waals surface area contributed by atoms with Gasteiger partial charge < -0.3 is 4.74 Å². The maximum absolute atomic E-state index is 5.38. The lowest BCUT2D eigenvalue weighted by Gasteiger charge is -2.09. The van der Waals surface area contributed by atoms with E-state index in [1.54, 1.807) is 19.4 Å². The first-order valence-corrected chi connectivity index (χ1v) is 7.76. The summed E-state index contributed by atoms with van der Waals surface area (Å²) in [5.41, 5.74) is 4.73. The number of benzene rings is 1. The third-order valence-electron chi connectivity index (χ3n) is 3.29. The van der Waals surface area contributed by atoms with E-state index in [9.17, 15) is 0 Å². The molecule has 4 heteroatoms. The van der Waals surface area contributed by atoms with Gasteiger partial charge in [0.05, 0.1) is 18.5 Å². The Kier molecular flexibility index (Phi) is 5.52. The van der Waals surface area contributed by atoms with Crippen molar-refractivity contribution in [1.29, 1.82) is 0 Å². The molecule has 0 spiro atoms. The highest BCUT2D eigenvalue weighted by molar-refractivity contribution is 5.66. The van der Waals surface area contributed by atoms with Gasteiger partial charge in [-0.2, -0.15) is 5.10 Å². The molecular weight excluding hydrogens is 286 g/mol. The molecule has 0 saturated heterocycles. The lowest BCUT2D eigenvalue weighted by atomic mass is 10.1. The van der Waals surface area contributed by atoms with Gasteiger partial charge in [0.25, 0.3) is 0 Å². The van der Waals surface area contributed by atoms with Gasteiger partial charge in [-0.3, -0.25) is 0 Å². The second kappa shape index (κ2) is 7.58. The quantitative estimate of drug-likeness (QED) is 0.699. The molecule has 2 heterocycles. The zero-order chi connectivity index (χ0) is 16.8. The number of rotatable bonds is 3. The summed E-state index contributed by atoms with van der Waals surface area (Å²) in [7, 11) is 1.68. The maximum Gasteiger partial charge on any atom is 0.156 e. The van der Waals surface area contributed by atoms with Crippen LogP contribution in [0.3, 0.4) is 0 Å². The summed E-state index contributed by atoms with van der Waals surface area (Å²) in [6.07, 6.45) is 4.75. The molecule has 0 aliphatic heterocycles. The third-order valence-corrected chi connectivity index (χ3v) is 3.29. The Morgan fingerprint density at radius 2 is 1.96 bits per heavy atom. The summed E-state index contributed by atoms with van der Waals surface area (Å²) in [5.74, 6) is 0.864. The third kappa shape index (κ3) is 3.59. The zero-order valence-corrected chi connectivity index (χ0v) is 14.2. The van der Waals surface area contributed by atoms with Crippen LogP contribution in [-0.4, -0.2) is 21.7 Å². The minimum Gasteiger partial charge on any atom is -0.496 e. The van der Waals surface area contributed by atoms with Gasteiger partial charge in [0.2, 0.25) is 0 Å². The van der Waals surface area contributed by atoms with Gasteiger partial charge in [0, 0.05) is 17.8 Å². The molecule has 120 valence electrons. The fourth-order valence-corrected chi connectivity index (χ4v) is 2.21. The van der Waals surface area contributed by atoms with Gasteiger partial charge in [0.15, 0.2) is 5.65 Å². The predicted molar refractivity (Wildman–Crippen MR) is 95.8 cm³/mol. The highest BCUT2D eigenvalue weighted by Crippen LogP contribution is 2.27. The molecule has 0 atom stereocenters. The Morgan fingerprint density at radius 1 is 1.22 bits per heavy atom. The minimum absolute atomic E-state index is 0.803. The molecule has 2 aromatic heterocycles. The Labute approximate surface area is 137 Å². The number of fused-ring (bicyclic) bond motifs is 1. The molecule has 0 aliphatic rings. The van der Waals surface area contributed by atoms with E-state index in [4.69, 9.17) is 4.74 Å². The smallest absolute Gasteiger partial charge is 0.156 e. The predicted octanol–water partition coefficient (Wildman–Crippen LogP) is 4.77. The van der Waals surface area contributed by atoms with Crippen molar-refractivity contribution >= 4 is 11.7 Å². The summed E-state index contributed by atoms with van der Waals surface area (Å²) in [6, 6.07) is 9.96. The Bertz CT molecular complexity index is 805. The molecule has 0 saturated carbocycles. The molecule has 0 amide bonds. The molecular formula is C19H23N3O. The van der Waals surface area contributed by atoms with E-state index in [0.717, 1.165) is 33.9 Å². The van der Waals surface area contributed by atoms with Gasteiger partial charge >= 0.3 is 0 Å². The van der Waals surface area contributed by atoms with Crippen LogP contribution < -0.4 is 4.74 Å². The fraction of sp³-hybridized carbons (Fsp3) is 0.263. The highest BCUT2D eigenvalue weighted by Gasteiger charge is 2.09. The van der Waals surface area contributed by atoms with E-state index in [1.807, 2.05) is 35.7 Å². The van der Waals surface area contributed by atoms with Crippen LogP contribution in [0, 0.1) is 6.92 Å². The maximum atomic E-state index is 5.38. The molecule has 0 fully saturated rings. The van der Waals surface area contributed by atoms with Gasteiger partial charge in [0.1, 0.15) is 5.75 Å². The van der Waals surface area contributed by atoms with E-state index in [-0.39, 0.29) is 0 Å². The first-order chi connectivity index (χ1) is 11.1. The van der Waals surface area contributed by atoms with Crippen LogP contribution in [0.25, 0.3) is 23.0 Å². The number of hydrogen-bond donors (Lipinski definition) is 0. The van der Waals surface area contributed by atoms with Crippen LogP contribution in [0.1, 0.15) is 31.5 Å². The van der Waals surface area contributed by atoms with Gasteiger partial charge in [-0.1, -0.05) is 39.0 Å². The lowest BCUT2D eigenvalue weighted by Crippen LogP contribution is -1.96. The van der Waals surface area contributed by atoms with Crippen LogP contribution in [-0.2, 0) is 0 Å². The molecule has 0 radical (unpaired) electrons. The first kappa shape index (κ1) is 16.7. The number of ether oxygens (including phenoxy) is 1. The van der Waals surface area contributed by atoms with E-state index in [0.29, 0.717) is 0 Å². The number of aryl methyl sites for hydroxylation is 1. The summed E-state index contributed by atoms with van der Waals surface area (Å²) < 4.78 is 7.20. The summed E-state index contributed by atoms with van der Waals surface area (Å²) in [6.45, 7) is 10.0. The number of nitrogens with zero attached hydrogens (tertiary/aromatic N) is 3. The topological polar surface area (TPSA) is 39.4 Å². The molecule has 0 unspecified atom stereocenters. The van der Waals surface area contributed by atoms with Crippen molar-refractivity contribution < 1.29 is 4.74 Å². The van der Waals surface area contributed by atoms with Crippen LogP contribution >= 0.6 is 0 Å². The molecule has 3 aromatic rings.